The first-order chi connectivity index (χ1) is 13.2. The molecule has 134 valence electrons. The number of carbonyl (C=O) groups excluding carboxylic acids is 1. The Morgan fingerprint density at radius 1 is 0.963 bits per heavy atom. The highest BCUT2D eigenvalue weighted by molar-refractivity contribution is 5.86. The van der Waals surface area contributed by atoms with Crippen LogP contribution in [0.15, 0.2) is 83.5 Å². The second-order valence-corrected chi connectivity index (χ2v) is 6.57. The van der Waals surface area contributed by atoms with Crippen LogP contribution in [0, 0.1) is 0 Å². The van der Waals surface area contributed by atoms with Crippen molar-refractivity contribution in [2.24, 2.45) is 0 Å². The lowest BCUT2D eigenvalue weighted by Crippen LogP contribution is -2.27. The highest BCUT2D eigenvalue weighted by Gasteiger charge is 2.15. The predicted octanol–water partition coefficient (Wildman–Crippen LogP) is 4.70. The van der Waals surface area contributed by atoms with Crippen molar-refractivity contribution in [2.75, 3.05) is 7.05 Å². The smallest absolute Gasteiger partial charge is 0.228 e. The van der Waals surface area contributed by atoms with Gasteiger partial charge in [0.1, 0.15) is 6.26 Å². The summed E-state index contributed by atoms with van der Waals surface area (Å²) < 4.78 is 5.53. The molecular formula is C23H20N2O2. The fraction of sp³-hybridized carbons (Fsp3) is 0.130. The van der Waals surface area contributed by atoms with E-state index in [9.17, 15) is 4.79 Å². The molecule has 0 aliphatic carbocycles. The Morgan fingerprint density at radius 2 is 1.70 bits per heavy atom. The van der Waals surface area contributed by atoms with Crippen molar-refractivity contribution in [2.45, 2.75) is 13.0 Å². The van der Waals surface area contributed by atoms with Gasteiger partial charge in [0, 0.05) is 19.2 Å². The minimum Gasteiger partial charge on any atom is -0.444 e. The molecule has 0 unspecified atom stereocenters. The second-order valence-electron chi connectivity index (χ2n) is 6.57. The van der Waals surface area contributed by atoms with Crippen molar-refractivity contribution in [1.29, 1.82) is 0 Å². The number of hydrogen-bond donors (Lipinski definition) is 0. The lowest BCUT2D eigenvalue weighted by atomic mass is 10.0. The number of hydrogen-bond acceptors (Lipinski definition) is 3. The Hall–Kier alpha value is -3.40. The van der Waals surface area contributed by atoms with Gasteiger partial charge in [-0.2, -0.15) is 0 Å². The van der Waals surface area contributed by atoms with Gasteiger partial charge in [-0.25, -0.2) is 4.98 Å². The SMILES string of the molecule is CN(Cc1cccc2ccccc12)C(=O)Cc1coc(-c2ccccc2)n1. The minimum absolute atomic E-state index is 0.0100. The molecule has 0 N–H and O–H groups in total. The molecule has 0 atom stereocenters. The molecule has 4 rings (SSSR count). The molecule has 0 bridgehead atoms. The molecule has 0 radical (unpaired) electrons. The maximum Gasteiger partial charge on any atom is 0.228 e. The largest absolute Gasteiger partial charge is 0.444 e. The summed E-state index contributed by atoms with van der Waals surface area (Å²) in [6.07, 6.45) is 1.78. The monoisotopic (exact) mass is 356 g/mol. The molecule has 4 heteroatoms. The van der Waals surface area contributed by atoms with Gasteiger partial charge in [-0.15, -0.1) is 0 Å². The molecule has 4 nitrogen and oxygen atoms in total. The Kier molecular flexibility index (Phi) is 4.71. The number of aromatic nitrogens is 1. The number of benzene rings is 3. The van der Waals surface area contributed by atoms with Crippen LogP contribution in [0.5, 0.6) is 0 Å². The summed E-state index contributed by atoms with van der Waals surface area (Å²) in [5, 5.41) is 2.35. The quantitative estimate of drug-likeness (QED) is 0.521. The molecule has 0 aliphatic heterocycles. The van der Waals surface area contributed by atoms with Gasteiger partial charge in [0.15, 0.2) is 0 Å². The molecule has 0 fully saturated rings. The summed E-state index contributed by atoms with van der Waals surface area (Å²) in [5.74, 6) is 0.547. The van der Waals surface area contributed by atoms with E-state index in [0.717, 1.165) is 11.1 Å². The van der Waals surface area contributed by atoms with Gasteiger partial charge in [0.05, 0.1) is 12.1 Å². The highest BCUT2D eigenvalue weighted by Crippen LogP contribution is 2.21. The van der Waals surface area contributed by atoms with Crippen LogP contribution in [-0.4, -0.2) is 22.8 Å². The molecule has 1 aromatic heterocycles. The third-order valence-electron chi connectivity index (χ3n) is 4.62. The number of likely N-dealkylation sites (N-methyl/N-ethyl adjacent to an activating group) is 1. The van der Waals surface area contributed by atoms with Crippen LogP contribution in [0.2, 0.25) is 0 Å². The Bertz CT molecular complexity index is 1060. The summed E-state index contributed by atoms with van der Waals surface area (Å²) in [7, 11) is 1.82. The summed E-state index contributed by atoms with van der Waals surface area (Å²) in [6, 6.07) is 24.1. The molecule has 1 heterocycles. The van der Waals surface area contributed by atoms with Gasteiger partial charge in [-0.05, 0) is 28.5 Å². The standard InChI is InChI=1S/C23H20N2O2/c1-25(15-19-12-7-11-17-8-5-6-13-21(17)19)22(26)14-20-16-27-23(24-20)18-9-3-2-4-10-18/h2-13,16H,14-15H2,1H3. The zero-order valence-corrected chi connectivity index (χ0v) is 15.1. The number of carbonyl (C=O) groups is 1. The number of nitrogens with zero attached hydrogens (tertiary/aromatic N) is 2. The number of rotatable bonds is 5. The Morgan fingerprint density at radius 3 is 2.56 bits per heavy atom. The van der Waals surface area contributed by atoms with E-state index < -0.39 is 0 Å². The van der Waals surface area contributed by atoms with Crippen molar-refractivity contribution < 1.29 is 9.21 Å². The minimum atomic E-state index is 0.0100. The molecule has 0 saturated carbocycles. The second kappa shape index (κ2) is 7.46. The predicted molar refractivity (Wildman–Crippen MR) is 106 cm³/mol. The van der Waals surface area contributed by atoms with Crippen LogP contribution in [0.25, 0.3) is 22.2 Å². The van der Waals surface area contributed by atoms with Crippen molar-refractivity contribution in [3.63, 3.8) is 0 Å². The average Bonchev–Trinajstić information content (AvgIpc) is 3.17. The molecule has 0 spiro atoms. The van der Waals surface area contributed by atoms with E-state index in [1.165, 1.54) is 10.8 Å². The first kappa shape index (κ1) is 17.0. The highest BCUT2D eigenvalue weighted by atomic mass is 16.3. The molecular weight excluding hydrogens is 336 g/mol. The average molecular weight is 356 g/mol. The van der Waals surface area contributed by atoms with Gasteiger partial charge >= 0.3 is 0 Å². The van der Waals surface area contributed by atoms with Crippen molar-refractivity contribution >= 4 is 16.7 Å². The molecule has 1 amide bonds. The van der Waals surface area contributed by atoms with E-state index in [1.54, 1.807) is 11.2 Å². The summed E-state index contributed by atoms with van der Waals surface area (Å²) in [4.78, 5) is 18.8. The van der Waals surface area contributed by atoms with E-state index in [0.29, 0.717) is 18.1 Å². The Labute approximate surface area is 158 Å². The molecule has 0 aliphatic rings. The van der Waals surface area contributed by atoms with Gasteiger partial charge in [0.2, 0.25) is 11.8 Å². The van der Waals surface area contributed by atoms with E-state index >= 15 is 0 Å². The maximum absolute atomic E-state index is 12.6. The lowest BCUT2D eigenvalue weighted by molar-refractivity contribution is -0.129. The number of fused-ring (bicyclic) bond motifs is 1. The zero-order valence-electron chi connectivity index (χ0n) is 15.1. The van der Waals surface area contributed by atoms with E-state index in [1.807, 2.05) is 55.6 Å². The summed E-state index contributed by atoms with van der Waals surface area (Å²) in [6.45, 7) is 0.559. The fourth-order valence-corrected chi connectivity index (χ4v) is 3.17. The maximum atomic E-state index is 12.6. The molecule has 3 aromatic carbocycles. The third kappa shape index (κ3) is 3.75. The third-order valence-corrected chi connectivity index (χ3v) is 4.62. The zero-order chi connectivity index (χ0) is 18.6. The summed E-state index contributed by atoms with van der Waals surface area (Å²) in [5.41, 5.74) is 2.68. The first-order valence-electron chi connectivity index (χ1n) is 8.91. The summed E-state index contributed by atoms with van der Waals surface area (Å²) >= 11 is 0. The lowest BCUT2D eigenvalue weighted by Gasteiger charge is -2.18. The number of amides is 1. The van der Waals surface area contributed by atoms with Gasteiger partial charge in [0.25, 0.3) is 0 Å². The van der Waals surface area contributed by atoms with Crippen LogP contribution < -0.4 is 0 Å². The molecule has 4 aromatic rings. The van der Waals surface area contributed by atoms with Crippen LogP contribution >= 0.6 is 0 Å². The Balaban J connectivity index is 1.46. The van der Waals surface area contributed by atoms with Crippen LogP contribution in [-0.2, 0) is 17.8 Å². The number of oxazole rings is 1. The van der Waals surface area contributed by atoms with Gasteiger partial charge in [-0.1, -0.05) is 60.7 Å². The van der Waals surface area contributed by atoms with Crippen molar-refractivity contribution in [1.82, 2.24) is 9.88 Å². The van der Waals surface area contributed by atoms with E-state index in [2.05, 4.69) is 29.2 Å². The van der Waals surface area contributed by atoms with Gasteiger partial charge < -0.3 is 9.32 Å². The molecule has 27 heavy (non-hydrogen) atoms. The fourth-order valence-electron chi connectivity index (χ4n) is 3.17. The van der Waals surface area contributed by atoms with Crippen LogP contribution in [0.1, 0.15) is 11.3 Å². The van der Waals surface area contributed by atoms with E-state index in [-0.39, 0.29) is 12.3 Å². The van der Waals surface area contributed by atoms with Crippen molar-refractivity contribution in [3.8, 4) is 11.5 Å². The van der Waals surface area contributed by atoms with Gasteiger partial charge in [-0.3, -0.25) is 4.79 Å². The van der Waals surface area contributed by atoms with E-state index in [4.69, 9.17) is 4.42 Å². The molecule has 0 saturated heterocycles. The first-order valence-corrected chi connectivity index (χ1v) is 8.91. The normalized spacial score (nSPS) is 10.9. The van der Waals surface area contributed by atoms with Crippen LogP contribution in [0.3, 0.4) is 0 Å². The topological polar surface area (TPSA) is 46.3 Å². The van der Waals surface area contributed by atoms with Crippen molar-refractivity contribution in [3.05, 3.63) is 90.3 Å². The van der Waals surface area contributed by atoms with Crippen LogP contribution in [0.4, 0.5) is 0 Å².